The molecule has 44 heavy (non-hydrogen) atoms. The number of piperidine rings is 1. The van der Waals surface area contributed by atoms with Crippen molar-refractivity contribution in [3.05, 3.63) is 118 Å². The van der Waals surface area contributed by atoms with Crippen LogP contribution in [0.1, 0.15) is 52.4 Å². The fourth-order valence-electron chi connectivity index (χ4n) is 6.08. The minimum atomic E-state index is 0.0150. The monoisotopic (exact) mass is 629 g/mol. The average molecular weight is 631 g/mol. The second-order valence-corrected chi connectivity index (χ2v) is 12.4. The van der Waals surface area contributed by atoms with Crippen molar-refractivity contribution in [2.75, 3.05) is 38.5 Å². The summed E-state index contributed by atoms with van der Waals surface area (Å²) >= 11 is 12.6. The minimum absolute atomic E-state index is 0.0150. The van der Waals surface area contributed by atoms with E-state index in [-0.39, 0.29) is 11.8 Å². The Balaban J connectivity index is 1.05. The molecule has 0 spiro atoms. The number of furan rings is 1. The number of H-pyrrole nitrogens is 1. The molecular formula is C35H37Cl2N5O2. The third-order valence-corrected chi connectivity index (χ3v) is 9.28. The quantitative estimate of drug-likeness (QED) is 0.155. The number of aromatic amines is 1. The Morgan fingerprint density at radius 1 is 1.05 bits per heavy atom. The standard InChI is InChI=1S/C35H37Cl2N5O2/c1-41(34(43)24-7-3-2-4-8-24)23-27(25-12-13-30(36)31(37)22-25)14-17-42-18-15-28(16-19-42)38-35-39-32-11-5-9-26(33(32)40-35)21-29-10-6-20-44-29/h2-13,20,22,27-28H,14-19,21,23H2,1H3,(H2,38,39,40). The number of carbonyl (C=O) groups is 1. The zero-order valence-corrected chi connectivity index (χ0v) is 26.3. The summed E-state index contributed by atoms with van der Waals surface area (Å²) in [4.78, 5) is 25.8. The topological polar surface area (TPSA) is 77.4 Å². The molecule has 2 N–H and O–H groups in total. The molecule has 7 nitrogen and oxygen atoms in total. The summed E-state index contributed by atoms with van der Waals surface area (Å²) in [5, 5.41) is 4.72. The molecule has 1 fully saturated rings. The predicted molar refractivity (Wildman–Crippen MR) is 178 cm³/mol. The van der Waals surface area contributed by atoms with Gasteiger partial charge in [-0.15, -0.1) is 0 Å². The summed E-state index contributed by atoms with van der Waals surface area (Å²) in [7, 11) is 1.87. The number of likely N-dealkylation sites (tertiary alicyclic amines) is 1. The number of hydrogen-bond acceptors (Lipinski definition) is 5. The van der Waals surface area contributed by atoms with E-state index in [9.17, 15) is 4.79 Å². The number of carbonyl (C=O) groups excluding carboxylic acids is 1. The van der Waals surface area contributed by atoms with Crippen molar-refractivity contribution in [3.63, 3.8) is 0 Å². The minimum Gasteiger partial charge on any atom is -0.469 e. The average Bonchev–Trinajstić information content (AvgIpc) is 3.71. The Morgan fingerprint density at radius 3 is 2.61 bits per heavy atom. The third-order valence-electron chi connectivity index (χ3n) is 8.54. The van der Waals surface area contributed by atoms with Crippen LogP contribution in [0.3, 0.4) is 0 Å². The first kappa shape index (κ1) is 30.3. The normalized spacial score (nSPS) is 15.0. The van der Waals surface area contributed by atoms with Crippen LogP contribution in [0.5, 0.6) is 0 Å². The van der Waals surface area contributed by atoms with E-state index in [0.717, 1.165) is 72.8 Å². The molecule has 228 valence electrons. The zero-order valence-electron chi connectivity index (χ0n) is 24.8. The van der Waals surface area contributed by atoms with Crippen LogP contribution in [0.2, 0.25) is 10.0 Å². The van der Waals surface area contributed by atoms with E-state index in [0.29, 0.717) is 34.6 Å². The van der Waals surface area contributed by atoms with Crippen molar-refractivity contribution in [2.45, 2.75) is 37.6 Å². The SMILES string of the molecule is CN(CC(CCN1CCC(Nc2nc3c(Cc4ccco4)cccc3[nH]2)CC1)c1ccc(Cl)c(Cl)c1)C(=O)c1ccccc1. The van der Waals surface area contributed by atoms with Crippen molar-refractivity contribution in [1.29, 1.82) is 0 Å². The number of imidazole rings is 1. The number of amides is 1. The van der Waals surface area contributed by atoms with Gasteiger partial charge in [-0.25, -0.2) is 4.98 Å². The van der Waals surface area contributed by atoms with Gasteiger partial charge in [-0.1, -0.05) is 59.6 Å². The van der Waals surface area contributed by atoms with Crippen LogP contribution in [0.25, 0.3) is 11.0 Å². The molecule has 0 saturated carbocycles. The maximum absolute atomic E-state index is 13.1. The maximum atomic E-state index is 13.1. The highest BCUT2D eigenvalue weighted by Gasteiger charge is 2.24. The second-order valence-electron chi connectivity index (χ2n) is 11.6. The molecule has 1 atom stereocenters. The number of hydrogen-bond donors (Lipinski definition) is 2. The van der Waals surface area contributed by atoms with Crippen LogP contribution in [0.15, 0.2) is 89.5 Å². The van der Waals surface area contributed by atoms with Crippen molar-refractivity contribution in [1.82, 2.24) is 19.8 Å². The Labute approximate surface area is 268 Å². The Morgan fingerprint density at radius 2 is 1.86 bits per heavy atom. The number of rotatable bonds is 11. The first-order valence-electron chi connectivity index (χ1n) is 15.2. The fraction of sp³-hybridized carbons (Fsp3) is 0.314. The van der Waals surface area contributed by atoms with Crippen molar-refractivity contribution >= 4 is 46.1 Å². The molecule has 1 unspecified atom stereocenters. The lowest BCUT2D eigenvalue weighted by atomic mass is 9.94. The largest absolute Gasteiger partial charge is 0.469 e. The summed E-state index contributed by atoms with van der Waals surface area (Å²) in [6.45, 7) is 3.52. The number of fused-ring (bicyclic) bond motifs is 1. The van der Waals surface area contributed by atoms with Crippen molar-refractivity contribution in [3.8, 4) is 0 Å². The van der Waals surface area contributed by atoms with Gasteiger partial charge in [0.1, 0.15) is 5.76 Å². The molecule has 3 heterocycles. The molecule has 6 rings (SSSR count). The first-order chi connectivity index (χ1) is 21.4. The first-order valence-corrected chi connectivity index (χ1v) is 15.9. The molecule has 3 aromatic carbocycles. The van der Waals surface area contributed by atoms with Gasteiger partial charge >= 0.3 is 0 Å². The number of anilines is 1. The molecule has 1 amide bonds. The smallest absolute Gasteiger partial charge is 0.253 e. The summed E-state index contributed by atoms with van der Waals surface area (Å²) in [6, 6.07) is 25.7. The molecule has 0 bridgehead atoms. The van der Waals surface area contributed by atoms with E-state index in [1.165, 1.54) is 0 Å². The van der Waals surface area contributed by atoms with Crippen LogP contribution in [0, 0.1) is 0 Å². The summed E-state index contributed by atoms with van der Waals surface area (Å²) in [5.74, 6) is 1.89. The van der Waals surface area contributed by atoms with Gasteiger partial charge in [0.2, 0.25) is 5.95 Å². The number of nitrogens with zero attached hydrogens (tertiary/aromatic N) is 3. The summed E-state index contributed by atoms with van der Waals surface area (Å²) in [6.07, 6.45) is 5.38. The number of aromatic nitrogens is 2. The van der Waals surface area contributed by atoms with E-state index < -0.39 is 0 Å². The van der Waals surface area contributed by atoms with Gasteiger partial charge in [0.25, 0.3) is 5.91 Å². The van der Waals surface area contributed by atoms with E-state index in [1.807, 2.05) is 72.6 Å². The molecule has 0 radical (unpaired) electrons. The van der Waals surface area contributed by atoms with Crippen molar-refractivity contribution < 1.29 is 9.21 Å². The summed E-state index contributed by atoms with van der Waals surface area (Å²) in [5.41, 5.74) is 4.94. The fourth-order valence-corrected chi connectivity index (χ4v) is 6.39. The highest BCUT2D eigenvalue weighted by atomic mass is 35.5. The van der Waals surface area contributed by atoms with Gasteiger partial charge in [-0.2, -0.15) is 0 Å². The van der Waals surface area contributed by atoms with Crippen LogP contribution >= 0.6 is 23.2 Å². The van der Waals surface area contributed by atoms with Gasteiger partial charge in [0, 0.05) is 50.6 Å². The second kappa shape index (κ2) is 13.9. The van der Waals surface area contributed by atoms with Crippen LogP contribution in [0.4, 0.5) is 5.95 Å². The van der Waals surface area contributed by atoms with Gasteiger partial charge < -0.3 is 24.5 Å². The van der Waals surface area contributed by atoms with Crippen LogP contribution in [-0.4, -0.2) is 64.9 Å². The maximum Gasteiger partial charge on any atom is 0.253 e. The highest BCUT2D eigenvalue weighted by molar-refractivity contribution is 6.42. The number of para-hydroxylation sites is 1. The highest BCUT2D eigenvalue weighted by Crippen LogP contribution is 2.30. The lowest BCUT2D eigenvalue weighted by molar-refractivity contribution is 0.0782. The van der Waals surface area contributed by atoms with E-state index in [4.69, 9.17) is 32.6 Å². The Bertz CT molecular complexity index is 1680. The van der Waals surface area contributed by atoms with Crippen LogP contribution in [-0.2, 0) is 6.42 Å². The third kappa shape index (κ3) is 7.29. The molecule has 0 aliphatic carbocycles. The molecule has 1 aliphatic rings. The molecule has 2 aromatic heterocycles. The molecule has 1 aliphatic heterocycles. The Kier molecular flexibility index (Phi) is 9.55. The van der Waals surface area contributed by atoms with Gasteiger partial charge in [-0.05, 0) is 79.4 Å². The number of likely N-dealkylation sites (N-methyl/N-ethyl adjacent to an activating group) is 1. The Hall–Kier alpha value is -3.78. The van der Waals surface area contributed by atoms with E-state index >= 15 is 0 Å². The lowest BCUT2D eigenvalue weighted by Gasteiger charge is -2.34. The number of halogens is 2. The lowest BCUT2D eigenvalue weighted by Crippen LogP contribution is -2.40. The molecule has 5 aromatic rings. The number of nitrogens with one attached hydrogen (secondary N) is 2. The van der Waals surface area contributed by atoms with Crippen LogP contribution < -0.4 is 5.32 Å². The van der Waals surface area contributed by atoms with E-state index in [1.54, 1.807) is 6.26 Å². The predicted octanol–water partition coefficient (Wildman–Crippen LogP) is 7.88. The van der Waals surface area contributed by atoms with E-state index in [2.05, 4.69) is 33.4 Å². The molecular weight excluding hydrogens is 593 g/mol. The molecule has 9 heteroatoms. The number of benzene rings is 3. The zero-order chi connectivity index (χ0) is 30.5. The van der Waals surface area contributed by atoms with Crippen molar-refractivity contribution in [2.24, 2.45) is 0 Å². The van der Waals surface area contributed by atoms with Gasteiger partial charge in [-0.3, -0.25) is 4.79 Å². The van der Waals surface area contributed by atoms with Gasteiger partial charge in [0.05, 0.1) is 27.3 Å². The van der Waals surface area contributed by atoms with Gasteiger partial charge in [0.15, 0.2) is 0 Å². The molecule has 1 saturated heterocycles. The summed E-state index contributed by atoms with van der Waals surface area (Å²) < 4.78 is 5.56.